The Morgan fingerprint density at radius 2 is 2.12 bits per heavy atom. The fourth-order valence-corrected chi connectivity index (χ4v) is 2.34. The first-order valence-electron chi connectivity index (χ1n) is 5.50. The zero-order valence-corrected chi connectivity index (χ0v) is 11.2. The van der Waals surface area contributed by atoms with Crippen LogP contribution in [0.4, 0.5) is 0 Å². The van der Waals surface area contributed by atoms with Gasteiger partial charge in [-0.25, -0.2) is 0 Å². The van der Waals surface area contributed by atoms with E-state index in [2.05, 4.69) is 18.8 Å². The van der Waals surface area contributed by atoms with Gasteiger partial charge in [0.15, 0.2) is 0 Å². The van der Waals surface area contributed by atoms with Crippen molar-refractivity contribution in [3.8, 4) is 0 Å². The summed E-state index contributed by atoms with van der Waals surface area (Å²) in [6.07, 6.45) is 3.12. The van der Waals surface area contributed by atoms with Gasteiger partial charge in [0.2, 0.25) is 0 Å². The molecule has 0 aromatic heterocycles. The molecular formula is C13H18ClNS. The van der Waals surface area contributed by atoms with Crippen molar-refractivity contribution in [2.24, 2.45) is 0 Å². The van der Waals surface area contributed by atoms with Gasteiger partial charge in [0.05, 0.1) is 0 Å². The molecule has 88 valence electrons. The van der Waals surface area contributed by atoms with Crippen molar-refractivity contribution in [2.45, 2.75) is 24.3 Å². The van der Waals surface area contributed by atoms with Crippen LogP contribution in [-0.4, -0.2) is 18.3 Å². The molecule has 0 heterocycles. The normalized spacial score (nSPS) is 12.4. The molecule has 0 saturated heterocycles. The lowest BCUT2D eigenvalue weighted by Gasteiger charge is -2.13. The summed E-state index contributed by atoms with van der Waals surface area (Å²) in [6.45, 7) is 7.05. The SMILES string of the molecule is C=CC(CSc1ccc(Cl)cc1)NCCC. The molecule has 3 heteroatoms. The zero-order valence-electron chi connectivity index (χ0n) is 9.58. The summed E-state index contributed by atoms with van der Waals surface area (Å²) in [5.41, 5.74) is 0. The van der Waals surface area contributed by atoms with Crippen LogP contribution in [0, 0.1) is 0 Å². The predicted octanol–water partition coefficient (Wildman–Crippen LogP) is 3.99. The largest absolute Gasteiger partial charge is 0.310 e. The van der Waals surface area contributed by atoms with Crippen LogP contribution in [0.3, 0.4) is 0 Å². The van der Waals surface area contributed by atoms with Gasteiger partial charge in [0.25, 0.3) is 0 Å². The molecule has 0 aliphatic rings. The van der Waals surface area contributed by atoms with Crippen LogP contribution in [0.15, 0.2) is 41.8 Å². The molecule has 1 aromatic rings. The lowest BCUT2D eigenvalue weighted by molar-refractivity contribution is 0.630. The maximum atomic E-state index is 5.83. The summed E-state index contributed by atoms with van der Waals surface area (Å²) in [5, 5.41) is 4.22. The molecule has 1 unspecified atom stereocenters. The van der Waals surface area contributed by atoms with Gasteiger partial charge < -0.3 is 5.32 Å². The van der Waals surface area contributed by atoms with E-state index < -0.39 is 0 Å². The molecule has 0 amide bonds. The average Bonchev–Trinajstić information content (AvgIpc) is 2.32. The van der Waals surface area contributed by atoms with Crippen molar-refractivity contribution >= 4 is 23.4 Å². The minimum absolute atomic E-state index is 0.376. The molecule has 0 fully saturated rings. The lowest BCUT2D eigenvalue weighted by atomic mass is 10.3. The van der Waals surface area contributed by atoms with Gasteiger partial charge in [-0.05, 0) is 37.2 Å². The monoisotopic (exact) mass is 255 g/mol. The van der Waals surface area contributed by atoms with Crippen molar-refractivity contribution in [1.82, 2.24) is 5.32 Å². The Morgan fingerprint density at radius 1 is 1.44 bits per heavy atom. The van der Waals surface area contributed by atoms with E-state index in [0.717, 1.165) is 23.7 Å². The molecular weight excluding hydrogens is 238 g/mol. The van der Waals surface area contributed by atoms with Gasteiger partial charge in [-0.15, -0.1) is 18.3 Å². The first kappa shape index (κ1) is 13.6. The van der Waals surface area contributed by atoms with E-state index >= 15 is 0 Å². The van der Waals surface area contributed by atoms with Gasteiger partial charge >= 0.3 is 0 Å². The minimum Gasteiger partial charge on any atom is -0.310 e. The van der Waals surface area contributed by atoms with Gasteiger partial charge in [-0.3, -0.25) is 0 Å². The van der Waals surface area contributed by atoms with Gasteiger partial charge in [-0.1, -0.05) is 24.6 Å². The van der Waals surface area contributed by atoms with Gasteiger partial charge in [0, 0.05) is 21.7 Å². The average molecular weight is 256 g/mol. The van der Waals surface area contributed by atoms with E-state index in [1.165, 1.54) is 4.90 Å². The minimum atomic E-state index is 0.376. The smallest absolute Gasteiger partial charge is 0.0406 e. The summed E-state index contributed by atoms with van der Waals surface area (Å²) in [5.74, 6) is 1.01. The van der Waals surface area contributed by atoms with Crippen molar-refractivity contribution in [3.05, 3.63) is 41.9 Å². The van der Waals surface area contributed by atoms with Gasteiger partial charge in [-0.2, -0.15) is 0 Å². The second kappa shape index (κ2) is 7.77. The van der Waals surface area contributed by atoms with Crippen molar-refractivity contribution in [2.75, 3.05) is 12.3 Å². The Balaban J connectivity index is 2.37. The standard InChI is InChI=1S/C13H18ClNS/c1-3-9-15-12(4-2)10-16-13-7-5-11(14)6-8-13/h4-8,12,15H,2-3,9-10H2,1H3. The highest BCUT2D eigenvalue weighted by Crippen LogP contribution is 2.21. The van der Waals surface area contributed by atoms with E-state index in [-0.39, 0.29) is 0 Å². The van der Waals surface area contributed by atoms with Crippen LogP contribution in [0.5, 0.6) is 0 Å². The van der Waals surface area contributed by atoms with Crippen molar-refractivity contribution in [1.29, 1.82) is 0 Å². The maximum absolute atomic E-state index is 5.83. The third-order valence-corrected chi connectivity index (χ3v) is 3.57. The van der Waals surface area contributed by atoms with Crippen LogP contribution in [0.25, 0.3) is 0 Å². The first-order chi connectivity index (χ1) is 7.76. The zero-order chi connectivity index (χ0) is 11.8. The molecule has 1 aromatic carbocycles. The highest BCUT2D eigenvalue weighted by atomic mass is 35.5. The number of hydrogen-bond donors (Lipinski definition) is 1. The number of rotatable bonds is 7. The van der Waals surface area contributed by atoms with E-state index in [4.69, 9.17) is 11.6 Å². The molecule has 1 nitrogen and oxygen atoms in total. The summed E-state index contributed by atoms with van der Waals surface area (Å²) < 4.78 is 0. The highest BCUT2D eigenvalue weighted by Gasteiger charge is 2.03. The third kappa shape index (κ3) is 5.06. The van der Waals surface area contributed by atoms with Crippen LogP contribution < -0.4 is 5.32 Å². The Kier molecular flexibility index (Phi) is 6.62. The molecule has 16 heavy (non-hydrogen) atoms. The molecule has 0 spiro atoms. The quantitative estimate of drug-likeness (QED) is 0.584. The number of halogens is 1. The number of thioether (sulfide) groups is 1. The van der Waals surface area contributed by atoms with E-state index in [1.807, 2.05) is 42.1 Å². The Hall–Kier alpha value is -0.440. The summed E-state index contributed by atoms with van der Waals surface area (Å²) in [4.78, 5) is 1.24. The summed E-state index contributed by atoms with van der Waals surface area (Å²) in [6, 6.07) is 8.32. The summed E-state index contributed by atoms with van der Waals surface area (Å²) >= 11 is 7.65. The van der Waals surface area contributed by atoms with Crippen LogP contribution in [0.2, 0.25) is 5.02 Å². The van der Waals surface area contributed by atoms with Crippen LogP contribution >= 0.6 is 23.4 Å². The van der Waals surface area contributed by atoms with Crippen LogP contribution in [0.1, 0.15) is 13.3 Å². The second-order valence-electron chi connectivity index (χ2n) is 3.56. The number of hydrogen-bond acceptors (Lipinski definition) is 2. The Morgan fingerprint density at radius 3 is 2.69 bits per heavy atom. The molecule has 0 saturated carbocycles. The fraction of sp³-hybridized carbons (Fsp3) is 0.385. The molecule has 1 N–H and O–H groups in total. The fourth-order valence-electron chi connectivity index (χ4n) is 1.26. The molecule has 0 aliphatic carbocycles. The lowest BCUT2D eigenvalue weighted by Crippen LogP contribution is -2.29. The van der Waals surface area contributed by atoms with Crippen molar-refractivity contribution < 1.29 is 0 Å². The molecule has 0 aliphatic heterocycles. The van der Waals surface area contributed by atoms with E-state index in [9.17, 15) is 0 Å². The topological polar surface area (TPSA) is 12.0 Å². The predicted molar refractivity (Wildman–Crippen MR) is 74.5 cm³/mol. The highest BCUT2D eigenvalue weighted by molar-refractivity contribution is 7.99. The Bertz CT molecular complexity index is 310. The van der Waals surface area contributed by atoms with Crippen LogP contribution in [-0.2, 0) is 0 Å². The van der Waals surface area contributed by atoms with E-state index in [0.29, 0.717) is 6.04 Å². The molecule has 0 radical (unpaired) electrons. The molecule has 1 rings (SSSR count). The molecule has 1 atom stereocenters. The Labute approximate surface area is 107 Å². The van der Waals surface area contributed by atoms with Gasteiger partial charge in [0.1, 0.15) is 0 Å². The van der Waals surface area contributed by atoms with Crippen molar-refractivity contribution in [3.63, 3.8) is 0 Å². The van der Waals surface area contributed by atoms with E-state index in [1.54, 1.807) is 0 Å². The third-order valence-electron chi connectivity index (χ3n) is 2.18. The maximum Gasteiger partial charge on any atom is 0.0406 e. The second-order valence-corrected chi connectivity index (χ2v) is 5.09. The summed E-state index contributed by atoms with van der Waals surface area (Å²) in [7, 11) is 0. The number of benzene rings is 1. The first-order valence-corrected chi connectivity index (χ1v) is 6.87. The number of nitrogens with one attached hydrogen (secondary N) is 1. The molecule has 0 bridgehead atoms.